The molecule has 1 aliphatic heterocycles. The molecule has 9 heteroatoms. The fraction of sp³-hybridized carbons (Fsp3) is 0.400. The molecule has 34 heavy (non-hydrogen) atoms. The van der Waals surface area contributed by atoms with Crippen LogP contribution in [0.3, 0.4) is 0 Å². The Kier molecular flexibility index (Phi) is 5.72. The van der Waals surface area contributed by atoms with E-state index >= 15 is 0 Å². The number of hydrogen-bond acceptors (Lipinski definition) is 6. The number of anilines is 3. The molecule has 1 N–H and O–H groups in total. The number of halogens is 2. The second-order valence-electron chi connectivity index (χ2n) is 8.99. The number of aromatic nitrogens is 2. The van der Waals surface area contributed by atoms with Crippen molar-refractivity contribution in [3.05, 3.63) is 47.5 Å². The maximum Gasteiger partial charge on any atom is 0.415 e. The average molecular weight is 485 g/mol. The number of fused-ring (bicyclic) bond motifs is 1. The summed E-state index contributed by atoms with van der Waals surface area (Å²) in [4.78, 5) is 23.5. The highest BCUT2D eigenvalue weighted by Gasteiger charge is 2.55. The fourth-order valence-corrected chi connectivity index (χ4v) is 5.40. The van der Waals surface area contributed by atoms with E-state index in [4.69, 9.17) is 21.1 Å². The highest BCUT2D eigenvalue weighted by Crippen LogP contribution is 2.49. The number of carbonyl (C=O) groups excluding carboxylic acids is 1. The first-order valence-electron chi connectivity index (χ1n) is 11.4. The van der Waals surface area contributed by atoms with Gasteiger partial charge in [0, 0.05) is 11.5 Å². The van der Waals surface area contributed by atoms with E-state index in [-0.39, 0.29) is 16.8 Å². The van der Waals surface area contributed by atoms with Gasteiger partial charge in [0.2, 0.25) is 0 Å². The van der Waals surface area contributed by atoms with Crippen molar-refractivity contribution < 1.29 is 18.7 Å². The van der Waals surface area contributed by atoms with Gasteiger partial charge in [-0.2, -0.15) is 0 Å². The lowest BCUT2D eigenvalue weighted by molar-refractivity contribution is 0.0423. The Morgan fingerprint density at radius 1 is 1.35 bits per heavy atom. The highest BCUT2D eigenvalue weighted by atomic mass is 35.5. The van der Waals surface area contributed by atoms with Crippen LogP contribution in [0, 0.1) is 11.7 Å². The Morgan fingerprint density at radius 3 is 2.91 bits per heavy atom. The number of carbonyl (C=O) groups is 1. The van der Waals surface area contributed by atoms with E-state index in [2.05, 4.69) is 22.2 Å². The molecule has 1 aliphatic carbocycles. The second-order valence-corrected chi connectivity index (χ2v) is 9.39. The van der Waals surface area contributed by atoms with Gasteiger partial charge in [0.25, 0.3) is 0 Å². The minimum atomic E-state index is -0.574. The first-order chi connectivity index (χ1) is 16.4. The van der Waals surface area contributed by atoms with Gasteiger partial charge in [0.15, 0.2) is 5.82 Å². The molecule has 1 spiro atoms. The van der Waals surface area contributed by atoms with Crippen LogP contribution in [0.4, 0.5) is 26.4 Å². The van der Waals surface area contributed by atoms with Crippen molar-refractivity contribution in [2.75, 3.05) is 17.3 Å². The SMILES string of the molecule is CCC1CCC2(C1)OC(=O)N(c1cc3c(Nc4cccc(Cl)c4F)ncnc3cc1OC)[C@@H]2C. The first-order valence-corrected chi connectivity index (χ1v) is 11.8. The van der Waals surface area contributed by atoms with Crippen LogP contribution in [-0.4, -0.2) is 34.8 Å². The summed E-state index contributed by atoms with van der Waals surface area (Å²) in [5.74, 6) is 0.856. The summed E-state index contributed by atoms with van der Waals surface area (Å²) in [7, 11) is 1.55. The zero-order valence-electron chi connectivity index (χ0n) is 19.3. The van der Waals surface area contributed by atoms with Gasteiger partial charge in [0.1, 0.15) is 23.5 Å². The standard InChI is InChI=1S/C25H26ClFN4O3/c1-4-15-8-9-25(12-15)14(2)31(24(32)34-25)20-10-16-19(11-21(20)33-3)28-13-29-23(16)30-18-7-5-6-17(26)22(18)27/h5-7,10-11,13-15H,4,8-9,12H2,1-3H3,(H,28,29,30)/t14-,15?,25?/m1/s1. The normalized spacial score (nSPS) is 24.1. The monoisotopic (exact) mass is 484 g/mol. The molecule has 0 radical (unpaired) electrons. The third kappa shape index (κ3) is 3.60. The molecular weight excluding hydrogens is 459 g/mol. The van der Waals surface area contributed by atoms with Crippen LogP contribution in [0.2, 0.25) is 5.02 Å². The van der Waals surface area contributed by atoms with E-state index in [9.17, 15) is 9.18 Å². The minimum Gasteiger partial charge on any atom is -0.494 e. The fourth-order valence-electron chi connectivity index (χ4n) is 5.22. The number of nitrogens with one attached hydrogen (secondary N) is 1. The predicted molar refractivity (Wildman–Crippen MR) is 130 cm³/mol. The third-order valence-corrected chi connectivity index (χ3v) is 7.52. The largest absolute Gasteiger partial charge is 0.494 e. The third-order valence-electron chi connectivity index (χ3n) is 7.22. The number of nitrogens with zero attached hydrogens (tertiary/aromatic N) is 3. The van der Waals surface area contributed by atoms with Crippen LogP contribution < -0.4 is 15.0 Å². The van der Waals surface area contributed by atoms with Crippen molar-refractivity contribution in [3.63, 3.8) is 0 Å². The van der Waals surface area contributed by atoms with Gasteiger partial charge < -0.3 is 14.8 Å². The van der Waals surface area contributed by atoms with Gasteiger partial charge in [0.05, 0.1) is 35.1 Å². The molecule has 3 aromatic rings. The number of amides is 1. The molecule has 0 bridgehead atoms. The van der Waals surface area contributed by atoms with Crippen molar-refractivity contribution in [3.8, 4) is 5.75 Å². The molecule has 1 saturated carbocycles. The number of rotatable bonds is 5. The number of hydrogen-bond donors (Lipinski definition) is 1. The van der Waals surface area contributed by atoms with Crippen LogP contribution in [0.1, 0.15) is 39.5 Å². The van der Waals surface area contributed by atoms with Crippen molar-refractivity contribution in [1.29, 1.82) is 0 Å². The van der Waals surface area contributed by atoms with Crippen LogP contribution in [0.5, 0.6) is 5.75 Å². The van der Waals surface area contributed by atoms with Crippen molar-refractivity contribution >= 4 is 45.8 Å². The lowest BCUT2D eigenvalue weighted by Crippen LogP contribution is -2.42. The molecule has 1 aromatic heterocycles. The van der Waals surface area contributed by atoms with E-state index in [0.717, 1.165) is 25.7 Å². The first kappa shape index (κ1) is 22.7. The van der Waals surface area contributed by atoms with Crippen LogP contribution >= 0.6 is 11.6 Å². The Balaban J connectivity index is 1.58. The minimum absolute atomic E-state index is 0.00611. The number of benzene rings is 2. The molecule has 7 nitrogen and oxygen atoms in total. The van der Waals surface area contributed by atoms with Crippen molar-refractivity contribution in [1.82, 2.24) is 9.97 Å². The molecular formula is C25H26ClFN4O3. The molecule has 1 amide bonds. The van der Waals surface area contributed by atoms with E-state index in [0.29, 0.717) is 34.1 Å². The van der Waals surface area contributed by atoms with E-state index in [1.54, 1.807) is 36.3 Å². The lowest BCUT2D eigenvalue weighted by atomic mass is 9.91. The van der Waals surface area contributed by atoms with Crippen molar-refractivity contribution in [2.24, 2.45) is 5.92 Å². The Morgan fingerprint density at radius 2 is 2.18 bits per heavy atom. The zero-order chi connectivity index (χ0) is 24.0. The van der Waals surface area contributed by atoms with Gasteiger partial charge in [-0.1, -0.05) is 31.0 Å². The number of methoxy groups -OCH3 is 1. The van der Waals surface area contributed by atoms with E-state index in [1.165, 1.54) is 12.4 Å². The Bertz CT molecular complexity index is 1270. The van der Waals surface area contributed by atoms with E-state index < -0.39 is 17.5 Å². The Hall–Kier alpha value is -3.13. The molecule has 2 heterocycles. The van der Waals surface area contributed by atoms with Gasteiger partial charge in [-0.15, -0.1) is 0 Å². The average Bonchev–Trinajstić information content (AvgIpc) is 3.36. The molecule has 178 valence electrons. The van der Waals surface area contributed by atoms with Crippen LogP contribution in [0.25, 0.3) is 10.9 Å². The lowest BCUT2D eigenvalue weighted by Gasteiger charge is -2.29. The number of ether oxygens (including phenoxy) is 2. The molecule has 2 unspecified atom stereocenters. The summed E-state index contributed by atoms with van der Waals surface area (Å²) < 4.78 is 26.2. The van der Waals surface area contributed by atoms with Gasteiger partial charge >= 0.3 is 6.09 Å². The maximum absolute atomic E-state index is 14.5. The van der Waals surface area contributed by atoms with E-state index in [1.807, 2.05) is 6.92 Å². The summed E-state index contributed by atoms with van der Waals surface area (Å²) in [6.07, 6.45) is 4.80. The van der Waals surface area contributed by atoms with Crippen LogP contribution in [0.15, 0.2) is 36.7 Å². The summed E-state index contributed by atoms with van der Waals surface area (Å²) in [6.45, 7) is 4.20. The predicted octanol–water partition coefficient (Wildman–Crippen LogP) is 6.47. The quantitative estimate of drug-likeness (QED) is 0.447. The smallest absolute Gasteiger partial charge is 0.415 e. The second kappa shape index (κ2) is 8.58. The Labute approximate surface area is 202 Å². The zero-order valence-corrected chi connectivity index (χ0v) is 20.0. The van der Waals surface area contributed by atoms with Crippen LogP contribution in [-0.2, 0) is 4.74 Å². The molecule has 1 saturated heterocycles. The van der Waals surface area contributed by atoms with Gasteiger partial charge in [-0.05, 0) is 50.3 Å². The molecule has 3 atom stereocenters. The topological polar surface area (TPSA) is 76.6 Å². The molecule has 2 aromatic carbocycles. The molecule has 2 fully saturated rings. The molecule has 2 aliphatic rings. The van der Waals surface area contributed by atoms with Gasteiger partial charge in [-0.25, -0.2) is 19.2 Å². The van der Waals surface area contributed by atoms with Crippen molar-refractivity contribution in [2.45, 2.75) is 51.2 Å². The highest BCUT2D eigenvalue weighted by molar-refractivity contribution is 6.31. The van der Waals surface area contributed by atoms with Gasteiger partial charge in [-0.3, -0.25) is 4.90 Å². The molecule has 5 rings (SSSR count). The summed E-state index contributed by atoms with van der Waals surface area (Å²) in [5, 5.41) is 3.62. The summed E-state index contributed by atoms with van der Waals surface area (Å²) >= 11 is 5.94. The summed E-state index contributed by atoms with van der Waals surface area (Å²) in [5.41, 5.74) is 0.834. The summed E-state index contributed by atoms with van der Waals surface area (Å²) in [6, 6.07) is 8.08. The maximum atomic E-state index is 14.5.